The highest BCUT2D eigenvalue weighted by Crippen LogP contribution is 2.25. The lowest BCUT2D eigenvalue weighted by molar-refractivity contribution is -0.136. The monoisotopic (exact) mass is 258 g/mol. The molecule has 3 nitrogen and oxygen atoms in total. The van der Waals surface area contributed by atoms with Crippen LogP contribution in [0.2, 0.25) is 0 Å². The molecule has 2 rings (SSSR count). The molecule has 19 heavy (non-hydrogen) atoms. The van der Waals surface area contributed by atoms with Crippen LogP contribution in [0, 0.1) is 0 Å². The normalized spacial score (nSPS) is 14.6. The highest BCUT2D eigenvalue weighted by Gasteiger charge is 2.13. The fourth-order valence-corrected chi connectivity index (χ4v) is 2.07. The Morgan fingerprint density at radius 3 is 2.68 bits per heavy atom. The van der Waals surface area contributed by atoms with E-state index in [1.807, 2.05) is 36.4 Å². The summed E-state index contributed by atoms with van der Waals surface area (Å²) in [5.41, 5.74) is 2.11. The number of aryl methyl sites for hydroxylation is 1. The lowest BCUT2D eigenvalue weighted by Gasteiger charge is -2.15. The highest BCUT2D eigenvalue weighted by molar-refractivity contribution is 5.70. The molecule has 0 heterocycles. The van der Waals surface area contributed by atoms with E-state index in [9.17, 15) is 4.79 Å². The van der Waals surface area contributed by atoms with Crippen molar-refractivity contribution in [2.24, 2.45) is 0 Å². The fraction of sp³-hybridized carbons (Fsp3) is 0.312. The summed E-state index contributed by atoms with van der Waals surface area (Å²) < 4.78 is 5.80. The Bertz CT molecular complexity index is 509. The molecule has 0 aromatic heterocycles. The van der Waals surface area contributed by atoms with Gasteiger partial charge in [-0.25, -0.2) is 0 Å². The lowest BCUT2D eigenvalue weighted by atomic mass is 10.0. The van der Waals surface area contributed by atoms with E-state index >= 15 is 0 Å². The molecule has 1 aromatic carbocycles. The Kier molecular flexibility index (Phi) is 4.39. The number of carboxylic acid groups (broad SMARTS) is 1. The average Bonchev–Trinajstić information content (AvgIpc) is 2.41. The predicted molar refractivity (Wildman–Crippen MR) is 74.1 cm³/mol. The van der Waals surface area contributed by atoms with Gasteiger partial charge >= 0.3 is 5.97 Å². The van der Waals surface area contributed by atoms with Crippen molar-refractivity contribution in [3.63, 3.8) is 0 Å². The molecule has 0 aliphatic heterocycles. The van der Waals surface area contributed by atoms with Gasteiger partial charge in [0.25, 0.3) is 0 Å². The van der Waals surface area contributed by atoms with Gasteiger partial charge in [0.15, 0.2) is 0 Å². The van der Waals surface area contributed by atoms with E-state index in [1.165, 1.54) is 5.56 Å². The third-order valence-corrected chi connectivity index (χ3v) is 3.15. The number of carbonyl (C=O) groups is 1. The minimum absolute atomic E-state index is 0.0483. The first kappa shape index (κ1) is 13.4. The number of benzene rings is 1. The number of ether oxygens (including phenoxy) is 1. The summed E-state index contributed by atoms with van der Waals surface area (Å²) in [5.74, 6) is 0.618. The molecule has 1 N–H and O–H groups in total. The van der Waals surface area contributed by atoms with Crippen molar-refractivity contribution in [2.75, 3.05) is 0 Å². The van der Waals surface area contributed by atoms with Gasteiger partial charge in [0.1, 0.15) is 11.5 Å². The first-order valence-electron chi connectivity index (χ1n) is 6.56. The second-order valence-electron chi connectivity index (χ2n) is 4.58. The van der Waals surface area contributed by atoms with Gasteiger partial charge in [-0.3, -0.25) is 4.79 Å². The molecule has 100 valence electrons. The van der Waals surface area contributed by atoms with Crippen LogP contribution in [0.3, 0.4) is 0 Å². The van der Waals surface area contributed by atoms with E-state index in [1.54, 1.807) is 0 Å². The minimum Gasteiger partial charge on any atom is -0.481 e. The Morgan fingerprint density at radius 1 is 1.32 bits per heavy atom. The summed E-state index contributed by atoms with van der Waals surface area (Å²) >= 11 is 0. The molecule has 1 aromatic rings. The molecule has 0 fully saturated rings. The van der Waals surface area contributed by atoms with Gasteiger partial charge in [0, 0.05) is 0 Å². The van der Waals surface area contributed by atoms with E-state index in [0.717, 1.165) is 30.6 Å². The van der Waals surface area contributed by atoms with Gasteiger partial charge in [-0.2, -0.15) is 0 Å². The Labute approximate surface area is 113 Å². The molecular formula is C16H18O3. The number of hydrogen-bond donors (Lipinski definition) is 1. The SMILES string of the molecule is CCc1ccc(OC2=C(CC(=O)O)CCC=C2)cc1. The Morgan fingerprint density at radius 2 is 2.05 bits per heavy atom. The molecule has 3 heteroatoms. The van der Waals surface area contributed by atoms with Gasteiger partial charge in [-0.15, -0.1) is 0 Å². The molecule has 0 spiro atoms. The molecule has 0 saturated carbocycles. The topological polar surface area (TPSA) is 46.5 Å². The van der Waals surface area contributed by atoms with Crippen molar-refractivity contribution in [3.05, 3.63) is 53.3 Å². The maximum Gasteiger partial charge on any atom is 0.307 e. The molecule has 0 saturated heterocycles. The molecule has 0 bridgehead atoms. The molecule has 1 aliphatic carbocycles. The van der Waals surface area contributed by atoms with Gasteiger partial charge < -0.3 is 9.84 Å². The van der Waals surface area contributed by atoms with Gasteiger partial charge in [0.05, 0.1) is 6.42 Å². The first-order chi connectivity index (χ1) is 9.19. The fourth-order valence-electron chi connectivity index (χ4n) is 2.07. The van der Waals surface area contributed by atoms with Crippen molar-refractivity contribution in [2.45, 2.75) is 32.6 Å². The molecular weight excluding hydrogens is 240 g/mol. The predicted octanol–water partition coefficient (Wildman–Crippen LogP) is 3.71. The van der Waals surface area contributed by atoms with E-state index in [4.69, 9.17) is 9.84 Å². The lowest BCUT2D eigenvalue weighted by Crippen LogP contribution is -2.06. The van der Waals surface area contributed by atoms with Crippen LogP contribution in [-0.4, -0.2) is 11.1 Å². The maximum absolute atomic E-state index is 10.8. The van der Waals surface area contributed by atoms with Crippen LogP contribution < -0.4 is 4.74 Å². The minimum atomic E-state index is -0.812. The van der Waals surface area contributed by atoms with Crippen LogP contribution in [0.15, 0.2) is 47.7 Å². The average molecular weight is 258 g/mol. The first-order valence-corrected chi connectivity index (χ1v) is 6.56. The van der Waals surface area contributed by atoms with E-state index in [2.05, 4.69) is 6.92 Å². The molecule has 0 amide bonds. The summed E-state index contributed by atoms with van der Waals surface area (Å²) in [6.07, 6.45) is 6.56. The molecule has 0 atom stereocenters. The summed E-state index contributed by atoms with van der Waals surface area (Å²) in [7, 11) is 0. The van der Waals surface area contributed by atoms with E-state index in [0.29, 0.717) is 5.76 Å². The second kappa shape index (κ2) is 6.23. The third-order valence-electron chi connectivity index (χ3n) is 3.15. The summed E-state index contributed by atoms with van der Waals surface area (Å²) in [5, 5.41) is 8.90. The van der Waals surface area contributed by atoms with Crippen LogP contribution in [0.5, 0.6) is 5.75 Å². The van der Waals surface area contributed by atoms with Crippen molar-refractivity contribution in [1.82, 2.24) is 0 Å². The van der Waals surface area contributed by atoms with Crippen molar-refractivity contribution >= 4 is 5.97 Å². The van der Waals surface area contributed by atoms with Crippen molar-refractivity contribution in [3.8, 4) is 5.75 Å². The van der Waals surface area contributed by atoms with Crippen molar-refractivity contribution < 1.29 is 14.6 Å². The van der Waals surface area contributed by atoms with Gasteiger partial charge in [-0.05, 0) is 48.6 Å². The Hall–Kier alpha value is -2.03. The summed E-state index contributed by atoms with van der Waals surface area (Å²) in [6.45, 7) is 2.10. The van der Waals surface area contributed by atoms with E-state index in [-0.39, 0.29) is 6.42 Å². The number of aliphatic carboxylic acids is 1. The van der Waals surface area contributed by atoms with E-state index < -0.39 is 5.97 Å². The largest absolute Gasteiger partial charge is 0.481 e. The maximum atomic E-state index is 10.8. The zero-order chi connectivity index (χ0) is 13.7. The molecule has 1 aliphatic rings. The standard InChI is InChI=1S/C16H18O3/c1-2-12-7-9-14(10-8-12)19-15-6-4-3-5-13(15)11-16(17)18/h4,6-10H,2-3,5,11H2,1H3,(H,17,18). The third kappa shape index (κ3) is 3.71. The summed E-state index contributed by atoms with van der Waals surface area (Å²) in [6, 6.07) is 7.90. The molecule has 0 unspecified atom stereocenters. The van der Waals surface area contributed by atoms with Crippen LogP contribution in [-0.2, 0) is 11.2 Å². The number of allylic oxidation sites excluding steroid dienone is 2. The Balaban J connectivity index is 2.16. The van der Waals surface area contributed by atoms with Crippen LogP contribution >= 0.6 is 0 Å². The van der Waals surface area contributed by atoms with Crippen LogP contribution in [0.1, 0.15) is 31.7 Å². The zero-order valence-corrected chi connectivity index (χ0v) is 11.1. The quantitative estimate of drug-likeness (QED) is 0.875. The smallest absolute Gasteiger partial charge is 0.307 e. The number of hydrogen-bond acceptors (Lipinski definition) is 2. The van der Waals surface area contributed by atoms with Gasteiger partial charge in [-0.1, -0.05) is 25.1 Å². The van der Waals surface area contributed by atoms with Gasteiger partial charge in [0.2, 0.25) is 0 Å². The zero-order valence-electron chi connectivity index (χ0n) is 11.1. The molecule has 0 radical (unpaired) electrons. The van der Waals surface area contributed by atoms with Crippen LogP contribution in [0.4, 0.5) is 0 Å². The van der Waals surface area contributed by atoms with Crippen molar-refractivity contribution in [1.29, 1.82) is 0 Å². The highest BCUT2D eigenvalue weighted by atomic mass is 16.5. The number of carboxylic acids is 1. The van der Waals surface area contributed by atoms with Crippen LogP contribution in [0.25, 0.3) is 0 Å². The summed E-state index contributed by atoms with van der Waals surface area (Å²) in [4.78, 5) is 10.8. The number of rotatable bonds is 5. The second-order valence-corrected chi connectivity index (χ2v) is 4.58.